The van der Waals surface area contributed by atoms with E-state index in [1.807, 2.05) is 6.07 Å². The fraction of sp³-hybridized carbons (Fsp3) is 0.458. The van der Waals surface area contributed by atoms with Gasteiger partial charge in [-0.25, -0.2) is 4.79 Å². The number of fused-ring (bicyclic) bond motifs is 7. The van der Waals surface area contributed by atoms with E-state index < -0.39 is 5.97 Å². The van der Waals surface area contributed by atoms with E-state index in [0.29, 0.717) is 29.2 Å². The summed E-state index contributed by atoms with van der Waals surface area (Å²) in [6.07, 6.45) is 3.91. The topological polar surface area (TPSA) is 49.3 Å². The molecule has 2 aromatic carbocycles. The van der Waals surface area contributed by atoms with Crippen LogP contribution in [0.15, 0.2) is 42.5 Å². The number of para-hydroxylation sites is 1. The van der Waals surface area contributed by atoms with E-state index in [0.717, 1.165) is 11.6 Å². The first-order valence-corrected chi connectivity index (χ1v) is 10.3. The van der Waals surface area contributed by atoms with Crippen molar-refractivity contribution < 1.29 is 9.90 Å². The van der Waals surface area contributed by atoms with Crippen molar-refractivity contribution in [3.05, 3.63) is 64.7 Å². The molecule has 0 amide bonds. The van der Waals surface area contributed by atoms with Gasteiger partial charge in [0.05, 0.1) is 17.3 Å². The zero-order chi connectivity index (χ0) is 18.7. The van der Waals surface area contributed by atoms with Gasteiger partial charge in [-0.2, -0.15) is 0 Å². The van der Waals surface area contributed by atoms with Crippen LogP contribution in [0.4, 0.5) is 5.69 Å². The highest BCUT2D eigenvalue weighted by molar-refractivity contribution is 5.95. The van der Waals surface area contributed by atoms with E-state index >= 15 is 0 Å². The number of benzene rings is 2. The number of carboxylic acid groups (broad SMARTS) is 1. The molecule has 0 aromatic heterocycles. The Morgan fingerprint density at radius 2 is 1.81 bits per heavy atom. The Balaban J connectivity index is 1.62. The quantitative estimate of drug-likeness (QED) is 0.726. The normalized spacial score (nSPS) is 30.7. The lowest BCUT2D eigenvalue weighted by Crippen LogP contribution is -2.36. The van der Waals surface area contributed by atoms with Crippen LogP contribution in [0.25, 0.3) is 0 Å². The van der Waals surface area contributed by atoms with E-state index in [4.69, 9.17) is 0 Å². The molecule has 5 rings (SSSR count). The van der Waals surface area contributed by atoms with Gasteiger partial charge in [0.25, 0.3) is 0 Å². The van der Waals surface area contributed by atoms with Gasteiger partial charge in [-0.15, -0.1) is 0 Å². The Kier molecular flexibility index (Phi) is 3.82. The Bertz CT molecular complexity index is 886. The highest BCUT2D eigenvalue weighted by Gasteiger charge is 2.54. The summed E-state index contributed by atoms with van der Waals surface area (Å²) < 4.78 is 0. The van der Waals surface area contributed by atoms with Crippen LogP contribution in [-0.4, -0.2) is 11.1 Å². The summed E-state index contributed by atoms with van der Waals surface area (Å²) in [7, 11) is 0. The van der Waals surface area contributed by atoms with E-state index in [9.17, 15) is 9.90 Å². The maximum Gasteiger partial charge on any atom is 0.337 e. The number of hydrogen-bond acceptors (Lipinski definition) is 2. The lowest BCUT2D eigenvalue weighted by molar-refractivity contribution is 0.0697. The van der Waals surface area contributed by atoms with Crippen molar-refractivity contribution in [1.29, 1.82) is 0 Å². The molecule has 27 heavy (non-hydrogen) atoms. The monoisotopic (exact) mass is 361 g/mol. The standard InChI is InChI=1S/C24H27NO2/c1-13(2)14-6-8-15(9-7-14)22-21-17-11-10-16(12-17)20(21)18-4-3-5-19(24(26)27)23(18)25-22/h3-9,13,16-17,20-22,25H,10-12H2,1-2H3,(H,26,27)/t16-,17+,20+,21+,22+/m1/s1. The molecule has 2 saturated carbocycles. The van der Waals surface area contributed by atoms with Crippen molar-refractivity contribution in [2.75, 3.05) is 5.32 Å². The average Bonchev–Trinajstić information content (AvgIpc) is 3.29. The molecule has 0 saturated heterocycles. The molecule has 3 nitrogen and oxygen atoms in total. The molecule has 0 radical (unpaired) electrons. The van der Waals surface area contributed by atoms with Crippen LogP contribution in [0, 0.1) is 17.8 Å². The van der Waals surface area contributed by atoms with Crippen molar-refractivity contribution in [3.8, 4) is 0 Å². The molecule has 1 aliphatic heterocycles. The lowest BCUT2D eigenvalue weighted by atomic mass is 9.67. The van der Waals surface area contributed by atoms with Crippen LogP contribution in [0.5, 0.6) is 0 Å². The maximum absolute atomic E-state index is 11.8. The smallest absolute Gasteiger partial charge is 0.337 e. The third-order valence-electron chi connectivity index (χ3n) is 7.31. The summed E-state index contributed by atoms with van der Waals surface area (Å²) in [5, 5.41) is 13.4. The van der Waals surface area contributed by atoms with Crippen molar-refractivity contribution in [2.45, 2.75) is 51.0 Å². The second-order valence-electron chi connectivity index (χ2n) is 8.95. The number of carboxylic acids is 1. The zero-order valence-electron chi connectivity index (χ0n) is 16.0. The Morgan fingerprint density at radius 3 is 2.52 bits per heavy atom. The van der Waals surface area contributed by atoms with Crippen molar-refractivity contribution in [2.24, 2.45) is 17.8 Å². The van der Waals surface area contributed by atoms with Crippen LogP contribution in [0.3, 0.4) is 0 Å². The van der Waals surface area contributed by atoms with Gasteiger partial charge >= 0.3 is 5.97 Å². The highest BCUT2D eigenvalue weighted by atomic mass is 16.4. The van der Waals surface area contributed by atoms with Crippen LogP contribution >= 0.6 is 0 Å². The Hall–Kier alpha value is -2.29. The minimum atomic E-state index is -0.838. The third-order valence-corrected chi connectivity index (χ3v) is 7.31. The van der Waals surface area contributed by atoms with Gasteiger partial charge in [0.2, 0.25) is 0 Å². The molecule has 2 bridgehead atoms. The Morgan fingerprint density at radius 1 is 1.07 bits per heavy atom. The van der Waals surface area contributed by atoms with Gasteiger partial charge < -0.3 is 10.4 Å². The highest BCUT2D eigenvalue weighted by Crippen LogP contribution is 2.64. The van der Waals surface area contributed by atoms with Crippen LogP contribution < -0.4 is 5.32 Å². The molecule has 2 aromatic rings. The maximum atomic E-state index is 11.8. The average molecular weight is 361 g/mol. The molecule has 5 atom stereocenters. The van der Waals surface area contributed by atoms with E-state index in [-0.39, 0.29) is 6.04 Å². The minimum absolute atomic E-state index is 0.208. The first-order valence-electron chi connectivity index (χ1n) is 10.3. The molecule has 1 heterocycles. The number of anilines is 1. The zero-order valence-corrected chi connectivity index (χ0v) is 16.0. The molecule has 2 aliphatic carbocycles. The van der Waals surface area contributed by atoms with Crippen LogP contribution in [0.1, 0.15) is 78.0 Å². The molecule has 3 aliphatic rings. The second-order valence-corrected chi connectivity index (χ2v) is 8.95. The fourth-order valence-corrected chi connectivity index (χ4v) is 6.11. The summed E-state index contributed by atoms with van der Waals surface area (Å²) in [5.41, 5.74) is 5.16. The second kappa shape index (κ2) is 6.12. The SMILES string of the molecule is CC(C)c1ccc([C@@H]2Nc3c(C(=O)O)cccc3[C@@H]3[C@@H]4CC[C@@H](C4)[C@@H]32)cc1. The largest absolute Gasteiger partial charge is 0.478 e. The predicted molar refractivity (Wildman–Crippen MR) is 107 cm³/mol. The molecular weight excluding hydrogens is 334 g/mol. The van der Waals surface area contributed by atoms with Gasteiger partial charge in [0, 0.05) is 0 Å². The van der Waals surface area contributed by atoms with Crippen LogP contribution in [-0.2, 0) is 0 Å². The molecule has 3 heteroatoms. The summed E-state index contributed by atoms with van der Waals surface area (Å²) in [4.78, 5) is 11.8. The van der Waals surface area contributed by atoms with Gasteiger partial charge in [0.1, 0.15) is 0 Å². The van der Waals surface area contributed by atoms with E-state index in [1.165, 1.54) is 36.0 Å². The molecular formula is C24H27NO2. The number of nitrogens with one attached hydrogen (secondary N) is 1. The summed E-state index contributed by atoms with van der Waals surface area (Å²) in [6.45, 7) is 4.43. The number of rotatable bonds is 3. The van der Waals surface area contributed by atoms with Gasteiger partial charge in [0.15, 0.2) is 0 Å². The van der Waals surface area contributed by atoms with Crippen molar-refractivity contribution in [1.82, 2.24) is 0 Å². The number of carbonyl (C=O) groups is 1. The third kappa shape index (κ3) is 2.51. The predicted octanol–water partition coefficient (Wildman–Crippen LogP) is 5.80. The summed E-state index contributed by atoms with van der Waals surface area (Å²) in [5.74, 6) is 2.22. The van der Waals surface area contributed by atoms with Gasteiger partial charge in [-0.1, -0.05) is 50.2 Å². The van der Waals surface area contributed by atoms with Gasteiger partial charge in [-0.05, 0) is 71.6 Å². The molecule has 2 N–H and O–H groups in total. The lowest BCUT2D eigenvalue weighted by Gasteiger charge is -2.44. The number of hydrogen-bond donors (Lipinski definition) is 2. The first-order chi connectivity index (χ1) is 13.0. The van der Waals surface area contributed by atoms with E-state index in [2.05, 4.69) is 49.5 Å². The molecule has 140 valence electrons. The van der Waals surface area contributed by atoms with Crippen molar-refractivity contribution in [3.63, 3.8) is 0 Å². The summed E-state index contributed by atoms with van der Waals surface area (Å²) >= 11 is 0. The fourth-order valence-electron chi connectivity index (χ4n) is 6.11. The van der Waals surface area contributed by atoms with Crippen LogP contribution in [0.2, 0.25) is 0 Å². The molecule has 2 fully saturated rings. The Labute approximate surface area is 160 Å². The van der Waals surface area contributed by atoms with E-state index in [1.54, 1.807) is 6.07 Å². The molecule has 0 spiro atoms. The number of aromatic carboxylic acids is 1. The van der Waals surface area contributed by atoms with Crippen molar-refractivity contribution >= 4 is 11.7 Å². The minimum Gasteiger partial charge on any atom is -0.478 e. The van der Waals surface area contributed by atoms with Gasteiger partial charge in [-0.3, -0.25) is 0 Å². The molecule has 0 unspecified atom stereocenters. The first kappa shape index (κ1) is 16.9. The summed E-state index contributed by atoms with van der Waals surface area (Å²) in [6, 6.07) is 15.0.